The van der Waals surface area contributed by atoms with E-state index in [1.54, 1.807) is 107 Å². The quantitative estimate of drug-likeness (QED) is 0.0663. The maximum Gasteiger partial charge on any atom is 0.338 e. The number of amides is 1. The molecule has 330 valence electrons. The number of rotatable bonds is 12. The Morgan fingerprint density at radius 2 is 1.48 bits per heavy atom. The third-order valence-corrected chi connectivity index (χ3v) is 13.5. The van der Waals surface area contributed by atoms with Gasteiger partial charge in [0.25, 0.3) is 5.91 Å². The molecule has 3 aromatic rings. The lowest BCUT2D eigenvalue weighted by molar-refractivity contribution is -0.464. The maximum absolute atomic E-state index is 15.5. The number of ether oxygens (including phenoxy) is 4. The van der Waals surface area contributed by atoms with Gasteiger partial charge in [-0.2, -0.15) is 0 Å². The van der Waals surface area contributed by atoms with Crippen LogP contribution in [0.5, 0.6) is 0 Å². The van der Waals surface area contributed by atoms with Crippen LogP contribution in [0, 0.1) is 16.7 Å². The van der Waals surface area contributed by atoms with Crippen LogP contribution in [0.15, 0.2) is 102 Å². The molecule has 1 heterocycles. The topological polar surface area (TPSA) is 213 Å². The largest absolute Gasteiger partial charge is 0.456 e. The zero-order valence-electron chi connectivity index (χ0n) is 35.4. The second-order valence-electron chi connectivity index (χ2n) is 17.3. The van der Waals surface area contributed by atoms with Gasteiger partial charge in [-0.05, 0) is 61.7 Å². The zero-order chi connectivity index (χ0) is 44.8. The normalized spacial score (nSPS) is 32.0. The summed E-state index contributed by atoms with van der Waals surface area (Å²) in [5, 5.41) is 40.3. The number of fused-ring (bicyclic) bond motifs is 5. The number of hydrogen-bond donors (Lipinski definition) is 4. The third kappa shape index (κ3) is 7.43. The molecule has 1 saturated heterocycles. The van der Waals surface area contributed by atoms with Crippen LogP contribution >= 0.6 is 0 Å². The average molecular weight is 856 g/mol. The van der Waals surface area contributed by atoms with Gasteiger partial charge >= 0.3 is 17.9 Å². The lowest BCUT2D eigenvalue weighted by Gasteiger charge is -2.67. The van der Waals surface area contributed by atoms with Gasteiger partial charge in [0, 0.05) is 30.7 Å². The lowest BCUT2D eigenvalue weighted by Crippen LogP contribution is -2.81. The van der Waals surface area contributed by atoms with E-state index in [9.17, 15) is 34.5 Å². The summed E-state index contributed by atoms with van der Waals surface area (Å²) in [5.74, 6) is -5.76. The van der Waals surface area contributed by atoms with Gasteiger partial charge in [-0.25, -0.2) is 19.4 Å². The summed E-state index contributed by atoms with van der Waals surface area (Å²) < 4.78 is 24.4. The summed E-state index contributed by atoms with van der Waals surface area (Å²) in [6.45, 7) is 8.86. The van der Waals surface area contributed by atoms with Crippen molar-refractivity contribution in [2.24, 2.45) is 16.7 Å². The van der Waals surface area contributed by atoms with Gasteiger partial charge in [-0.15, -0.1) is 0 Å². The van der Waals surface area contributed by atoms with Crippen molar-refractivity contribution in [1.82, 2.24) is 5.32 Å². The number of aliphatic hydroxyl groups is 3. The molecule has 0 aromatic heterocycles. The molecule has 0 radical (unpaired) electrons. The fraction of sp³-hybridized carbons (Fsp3) is 0.468. The standard InChI is InChI=1S/C47H53NO14/c1-7-58-62-46-25-57-33(46)23-32(50)45(6)38(46)40(61-42(54)30-21-15-10-16-22-30)47(56)24-31(26(2)34(44(47,4)5)37(39(45)52)59-27(3)49)60-43(55)36(51)35(28-17-11-8-12-18-28)48-41(53)29-19-13-9-14-20-29/h8-22,31-33,35-38,40,50-51,56H,7,23-25H2,1-6H3,(H,48,53)/t31?,32-,33+,35-,36+,37+,38-,40-,45+,46-,47+/m0/s1. The number of Topliss-reactive ketones (excluding diaryl/α,β-unsaturated/α-hetero) is 1. The fourth-order valence-corrected chi connectivity index (χ4v) is 10.1. The number of benzene rings is 3. The van der Waals surface area contributed by atoms with E-state index >= 15 is 4.79 Å². The van der Waals surface area contributed by atoms with Gasteiger partial charge in [0.2, 0.25) is 0 Å². The van der Waals surface area contributed by atoms with Crippen LogP contribution in [-0.4, -0.2) is 106 Å². The number of hydrogen-bond acceptors (Lipinski definition) is 14. The molecule has 15 heteroatoms. The van der Waals surface area contributed by atoms with Crippen molar-refractivity contribution >= 4 is 29.6 Å². The molecule has 2 saturated carbocycles. The van der Waals surface area contributed by atoms with Crippen LogP contribution < -0.4 is 5.32 Å². The summed E-state index contributed by atoms with van der Waals surface area (Å²) in [6.07, 6.45) is -10.0. The molecular formula is C47H53NO14. The highest BCUT2D eigenvalue weighted by atomic mass is 17.2. The first-order chi connectivity index (χ1) is 29.4. The number of nitrogens with one attached hydrogen (secondary N) is 1. The molecule has 1 unspecified atom stereocenters. The van der Waals surface area contributed by atoms with E-state index in [0.29, 0.717) is 5.56 Å². The van der Waals surface area contributed by atoms with Gasteiger partial charge in [-0.1, -0.05) is 80.6 Å². The van der Waals surface area contributed by atoms with Gasteiger partial charge in [0.1, 0.15) is 17.8 Å². The molecule has 1 amide bonds. The Morgan fingerprint density at radius 3 is 2.05 bits per heavy atom. The van der Waals surface area contributed by atoms with E-state index in [-0.39, 0.29) is 41.9 Å². The van der Waals surface area contributed by atoms with E-state index in [4.69, 9.17) is 28.7 Å². The number of aliphatic hydroxyl groups excluding tert-OH is 2. The monoisotopic (exact) mass is 855 g/mol. The number of ketones is 1. The van der Waals surface area contributed by atoms with Gasteiger partial charge in [0.05, 0.1) is 48.4 Å². The minimum absolute atomic E-state index is 0.0372. The smallest absolute Gasteiger partial charge is 0.338 e. The molecule has 7 rings (SSSR count). The number of esters is 3. The fourth-order valence-electron chi connectivity index (χ4n) is 10.1. The lowest BCUT2D eigenvalue weighted by atomic mass is 9.44. The Hall–Kier alpha value is -5.29. The van der Waals surface area contributed by atoms with Crippen molar-refractivity contribution in [1.29, 1.82) is 0 Å². The van der Waals surface area contributed by atoms with E-state index < -0.39 is 107 Å². The van der Waals surface area contributed by atoms with Crippen LogP contribution in [0.3, 0.4) is 0 Å². The molecule has 3 aliphatic carbocycles. The van der Waals surface area contributed by atoms with Crippen molar-refractivity contribution in [3.8, 4) is 0 Å². The predicted octanol–water partition coefficient (Wildman–Crippen LogP) is 4.14. The summed E-state index contributed by atoms with van der Waals surface area (Å²) >= 11 is 0. The van der Waals surface area contributed by atoms with E-state index in [1.165, 1.54) is 19.1 Å². The Morgan fingerprint density at radius 1 is 0.887 bits per heavy atom. The summed E-state index contributed by atoms with van der Waals surface area (Å²) in [7, 11) is 0. The Bertz CT molecular complexity index is 2210. The molecule has 3 aromatic carbocycles. The molecule has 62 heavy (non-hydrogen) atoms. The van der Waals surface area contributed by atoms with E-state index in [0.717, 1.165) is 6.92 Å². The minimum Gasteiger partial charge on any atom is -0.456 e. The molecule has 4 N–H and O–H groups in total. The summed E-state index contributed by atoms with van der Waals surface area (Å²) in [4.78, 5) is 82.3. The second-order valence-corrected chi connectivity index (χ2v) is 17.3. The van der Waals surface area contributed by atoms with E-state index in [1.807, 2.05) is 0 Å². The molecule has 11 atom stereocenters. The van der Waals surface area contributed by atoms with Crippen LogP contribution in [0.25, 0.3) is 0 Å². The molecule has 4 aliphatic rings. The van der Waals surface area contributed by atoms with Gasteiger partial charge in [-0.3, -0.25) is 14.4 Å². The Balaban J connectivity index is 1.38. The average Bonchev–Trinajstić information content (AvgIpc) is 3.25. The van der Waals surface area contributed by atoms with Crippen molar-refractivity contribution in [2.45, 2.75) is 108 Å². The van der Waals surface area contributed by atoms with Crippen LogP contribution in [0.2, 0.25) is 0 Å². The summed E-state index contributed by atoms with van der Waals surface area (Å²) in [6, 6.07) is 23.2. The highest BCUT2D eigenvalue weighted by Gasteiger charge is 2.78. The first-order valence-electron chi connectivity index (χ1n) is 20.7. The van der Waals surface area contributed by atoms with Crippen molar-refractivity contribution in [3.05, 3.63) is 119 Å². The Kier molecular flexibility index (Phi) is 12.4. The maximum atomic E-state index is 15.5. The number of carbonyl (C=O) groups is 5. The molecule has 3 fully saturated rings. The Labute approximate surface area is 359 Å². The first-order valence-corrected chi connectivity index (χ1v) is 20.7. The van der Waals surface area contributed by atoms with Crippen molar-refractivity contribution in [3.63, 3.8) is 0 Å². The minimum atomic E-state index is -2.33. The third-order valence-electron chi connectivity index (χ3n) is 13.5. The van der Waals surface area contributed by atoms with Crippen molar-refractivity contribution in [2.75, 3.05) is 13.2 Å². The SMILES string of the molecule is CCOO[C@@]12CO[C@@H]1C[C@H](O)[C@@]1(C)C(=O)[C@H](OC(C)=O)C3=C(C)C(OC(=O)[C@H](O)[C@@H](NC(=O)c4ccccc4)c4ccccc4)C[C@@](O)([C@@H](OC(=O)c4ccccc4)[C@H]21)C3(C)C. The second kappa shape index (κ2) is 17.1. The van der Waals surface area contributed by atoms with Crippen molar-refractivity contribution < 1.29 is 68.0 Å². The molecule has 15 nitrogen and oxygen atoms in total. The van der Waals surface area contributed by atoms with Crippen LogP contribution in [0.4, 0.5) is 0 Å². The van der Waals surface area contributed by atoms with Crippen LogP contribution in [0.1, 0.15) is 86.7 Å². The highest BCUT2D eigenvalue weighted by Crippen LogP contribution is 2.64. The molecule has 0 spiro atoms. The predicted molar refractivity (Wildman–Crippen MR) is 219 cm³/mol. The van der Waals surface area contributed by atoms with Gasteiger partial charge < -0.3 is 39.6 Å². The summed E-state index contributed by atoms with van der Waals surface area (Å²) in [5.41, 5.74) is -6.52. The van der Waals surface area contributed by atoms with E-state index in [2.05, 4.69) is 5.32 Å². The number of carbonyl (C=O) groups excluding carboxylic acids is 5. The molecular weight excluding hydrogens is 803 g/mol. The van der Waals surface area contributed by atoms with Crippen LogP contribution in [-0.2, 0) is 43.1 Å². The molecule has 2 bridgehead atoms. The molecule has 1 aliphatic heterocycles. The van der Waals surface area contributed by atoms with Gasteiger partial charge in [0.15, 0.2) is 23.6 Å². The first kappa shape index (κ1) is 44.8. The highest BCUT2D eigenvalue weighted by molar-refractivity contribution is 5.96. The zero-order valence-corrected chi connectivity index (χ0v) is 35.4.